The molecular formula is C41H64ClNO10. The van der Waals surface area contributed by atoms with Crippen LogP contribution in [0.4, 0.5) is 0 Å². The number of rotatable bonds is 9. The van der Waals surface area contributed by atoms with Gasteiger partial charge in [-0.25, -0.2) is 0 Å². The lowest BCUT2D eigenvalue weighted by molar-refractivity contribution is -0.314. The lowest BCUT2D eigenvalue weighted by Crippen LogP contribution is -2.59. The summed E-state index contributed by atoms with van der Waals surface area (Å²) in [5.41, 5.74) is 0.686. The van der Waals surface area contributed by atoms with Gasteiger partial charge in [0.1, 0.15) is 24.4 Å². The van der Waals surface area contributed by atoms with Gasteiger partial charge in [0.2, 0.25) is 0 Å². The highest BCUT2D eigenvalue weighted by Crippen LogP contribution is 2.57. The number of Topliss-reactive ketones (excluding diaryl/α,β-unsaturated/α-hetero) is 1. The first-order valence-electron chi connectivity index (χ1n) is 20.1. The predicted octanol–water partition coefficient (Wildman–Crippen LogP) is 6.05. The molecule has 0 spiro atoms. The Labute approximate surface area is 321 Å². The minimum Gasteiger partial charge on any atom is -0.462 e. The van der Waals surface area contributed by atoms with E-state index in [0.29, 0.717) is 23.1 Å². The van der Waals surface area contributed by atoms with Crippen LogP contribution in [0.5, 0.6) is 0 Å². The molecule has 3 heterocycles. The van der Waals surface area contributed by atoms with Crippen molar-refractivity contribution in [1.82, 2.24) is 4.90 Å². The molecule has 11 nitrogen and oxygen atoms in total. The Morgan fingerprint density at radius 3 is 2.26 bits per heavy atom. The van der Waals surface area contributed by atoms with Gasteiger partial charge in [-0.15, -0.1) is 0 Å². The second kappa shape index (κ2) is 17.8. The summed E-state index contributed by atoms with van der Waals surface area (Å²) in [4.78, 5) is 30.5. The molecule has 12 heteroatoms. The van der Waals surface area contributed by atoms with Crippen LogP contribution in [0.25, 0.3) is 0 Å². The second-order valence-electron chi connectivity index (χ2n) is 16.6. The molecule has 5 unspecified atom stereocenters. The van der Waals surface area contributed by atoms with Crippen LogP contribution in [0.3, 0.4) is 0 Å². The number of halogens is 1. The lowest BCUT2D eigenvalue weighted by atomic mass is 9.70. The summed E-state index contributed by atoms with van der Waals surface area (Å²) in [5.74, 6) is -0.862. The maximum atomic E-state index is 14.7. The van der Waals surface area contributed by atoms with Gasteiger partial charge in [0, 0.05) is 50.2 Å². The fourth-order valence-corrected chi connectivity index (χ4v) is 10.9. The minimum atomic E-state index is -0.630. The first-order chi connectivity index (χ1) is 25.4. The first-order valence-corrected chi connectivity index (χ1v) is 20.5. The molecule has 0 aromatic heterocycles. The third-order valence-corrected chi connectivity index (χ3v) is 13.7. The van der Waals surface area contributed by atoms with E-state index in [1.54, 1.807) is 21.3 Å². The van der Waals surface area contributed by atoms with Crippen LogP contribution in [0.1, 0.15) is 85.5 Å². The molecule has 0 radical (unpaired) electrons. The molecule has 3 aliphatic carbocycles. The molecule has 6 aliphatic rings. The molecule has 1 saturated carbocycles. The number of ether oxygens (including phenoxy) is 8. The van der Waals surface area contributed by atoms with Gasteiger partial charge in [-0.1, -0.05) is 37.6 Å². The molecule has 3 saturated heterocycles. The van der Waals surface area contributed by atoms with Crippen molar-refractivity contribution in [3.8, 4) is 0 Å². The Kier molecular flexibility index (Phi) is 13.9. The molecule has 0 bridgehead atoms. The standard InChI is InChI=1S/C41H64ClNO10/c1-10-25-12-11-13-33(53-35-15-14-32(43(5)6)22(3)49-35)21(2)37(45)30-19-28-27-18-26(16-24(27)17-31(42)36(28)29(30)20-34(44)51-25)52-41-40(48-9)39(47-8)38(46-7)23(4)50-41/h17,19,21-29,32-33,35-36,38-41H,10-16,18,20H2,1-9H3/t21-,22?,23?,24?,25+,26-,27-,28+,29-,32+,33+,35+,36?,38+,39?,40+,41+/m1/s1. The van der Waals surface area contributed by atoms with E-state index >= 15 is 0 Å². The van der Waals surface area contributed by atoms with Gasteiger partial charge in [0.25, 0.3) is 0 Å². The van der Waals surface area contributed by atoms with Gasteiger partial charge < -0.3 is 42.8 Å². The van der Waals surface area contributed by atoms with Gasteiger partial charge in [0.05, 0.1) is 30.8 Å². The third kappa shape index (κ3) is 8.64. The van der Waals surface area contributed by atoms with Crippen LogP contribution in [-0.4, -0.2) is 120 Å². The maximum absolute atomic E-state index is 14.7. The molecule has 6 rings (SSSR count). The fourth-order valence-electron chi connectivity index (χ4n) is 10.5. The largest absolute Gasteiger partial charge is 0.462 e. The van der Waals surface area contributed by atoms with Crippen molar-refractivity contribution in [3.63, 3.8) is 0 Å². The van der Waals surface area contributed by atoms with Crippen molar-refractivity contribution in [2.45, 2.75) is 153 Å². The van der Waals surface area contributed by atoms with Crippen molar-refractivity contribution in [1.29, 1.82) is 0 Å². The topological polar surface area (TPSA) is 111 Å². The lowest BCUT2D eigenvalue weighted by Gasteiger charge is -2.44. The van der Waals surface area contributed by atoms with Crippen LogP contribution in [0, 0.1) is 35.5 Å². The van der Waals surface area contributed by atoms with Crippen molar-refractivity contribution >= 4 is 23.4 Å². The summed E-state index contributed by atoms with van der Waals surface area (Å²) in [6, 6.07) is 0.325. The van der Waals surface area contributed by atoms with E-state index in [4.69, 9.17) is 49.5 Å². The summed E-state index contributed by atoms with van der Waals surface area (Å²) in [6.07, 6.45) is 7.66. The normalized spacial score (nSPS) is 45.3. The number of hydrogen-bond acceptors (Lipinski definition) is 11. The zero-order chi connectivity index (χ0) is 38.1. The maximum Gasteiger partial charge on any atom is 0.306 e. The highest BCUT2D eigenvalue weighted by molar-refractivity contribution is 6.30. The highest BCUT2D eigenvalue weighted by atomic mass is 35.5. The average molecular weight is 766 g/mol. The molecule has 53 heavy (non-hydrogen) atoms. The van der Waals surface area contributed by atoms with Crippen LogP contribution in [0.15, 0.2) is 22.8 Å². The van der Waals surface area contributed by atoms with E-state index in [1.165, 1.54) is 0 Å². The molecule has 0 aromatic carbocycles. The van der Waals surface area contributed by atoms with Crippen molar-refractivity contribution in [2.24, 2.45) is 35.5 Å². The summed E-state index contributed by atoms with van der Waals surface area (Å²) in [7, 11) is 9.10. The molecular weight excluding hydrogens is 702 g/mol. The number of ketones is 1. The number of carbonyl (C=O) groups is 2. The molecule has 300 valence electrons. The van der Waals surface area contributed by atoms with E-state index in [2.05, 4.69) is 45.0 Å². The van der Waals surface area contributed by atoms with E-state index in [9.17, 15) is 9.59 Å². The van der Waals surface area contributed by atoms with Crippen molar-refractivity contribution < 1.29 is 47.5 Å². The Bertz CT molecular complexity index is 1340. The van der Waals surface area contributed by atoms with Crippen LogP contribution < -0.4 is 0 Å². The van der Waals surface area contributed by atoms with E-state index < -0.39 is 18.3 Å². The number of nitrogens with zero attached hydrogens (tertiary/aromatic N) is 1. The number of hydrogen-bond donors (Lipinski definition) is 0. The summed E-state index contributed by atoms with van der Waals surface area (Å²) in [6.45, 7) is 8.10. The van der Waals surface area contributed by atoms with E-state index in [-0.39, 0.29) is 96.8 Å². The molecule has 3 aliphatic heterocycles. The zero-order valence-electron chi connectivity index (χ0n) is 33.2. The SMILES string of the molecule is CC[C@H]1CCC[C@H](O[C@H]2CC[C@H](N(C)C)C(C)O2)[C@@H](C)C(=O)C2=C[C@@H]3C(C(Cl)=CC4C[C@@H](O[C@@H]5OC(C)[C@H](OC)C(OC)[C@@H]5OC)C[C@H]43)[C@@H]2CC(=O)O1. The number of allylic oxidation sites excluding steroid dienone is 4. The number of cyclic esters (lactones) is 1. The molecule has 0 aromatic rings. The Morgan fingerprint density at radius 2 is 1.60 bits per heavy atom. The third-order valence-electron chi connectivity index (χ3n) is 13.3. The van der Waals surface area contributed by atoms with Gasteiger partial charge in [0.15, 0.2) is 18.4 Å². The number of methoxy groups -OCH3 is 3. The number of carbonyl (C=O) groups excluding carboxylic acids is 2. The summed E-state index contributed by atoms with van der Waals surface area (Å²) >= 11 is 7.20. The minimum absolute atomic E-state index is 0.0129. The monoisotopic (exact) mass is 765 g/mol. The Hall–Kier alpha value is -1.41. The fraction of sp³-hybridized carbons (Fsp3) is 0.854. The highest BCUT2D eigenvalue weighted by Gasteiger charge is 2.54. The van der Waals surface area contributed by atoms with Crippen molar-refractivity contribution in [2.75, 3.05) is 35.4 Å². The summed E-state index contributed by atoms with van der Waals surface area (Å²) in [5, 5.41) is 0.716. The number of esters is 1. The van der Waals surface area contributed by atoms with E-state index in [1.807, 2.05) is 13.8 Å². The first kappa shape index (κ1) is 41.2. The van der Waals surface area contributed by atoms with Crippen LogP contribution in [0.2, 0.25) is 0 Å². The summed E-state index contributed by atoms with van der Waals surface area (Å²) < 4.78 is 49.5. The second-order valence-corrected chi connectivity index (χ2v) is 17.0. The van der Waals surface area contributed by atoms with Crippen LogP contribution >= 0.6 is 11.6 Å². The molecule has 0 amide bonds. The van der Waals surface area contributed by atoms with Gasteiger partial charge in [-0.2, -0.15) is 0 Å². The number of fused-ring (bicyclic) bond motifs is 5. The van der Waals surface area contributed by atoms with Crippen LogP contribution in [-0.2, 0) is 47.5 Å². The predicted molar refractivity (Wildman–Crippen MR) is 199 cm³/mol. The van der Waals surface area contributed by atoms with Gasteiger partial charge >= 0.3 is 5.97 Å². The smallest absolute Gasteiger partial charge is 0.306 e. The molecule has 4 fully saturated rings. The quantitative estimate of drug-likeness (QED) is 0.256. The number of likely N-dealkylation sites (N-methyl/N-ethyl adjacent to an activating group) is 1. The Balaban J connectivity index is 1.23. The van der Waals surface area contributed by atoms with Crippen molar-refractivity contribution in [3.05, 3.63) is 22.8 Å². The van der Waals surface area contributed by atoms with Gasteiger partial charge in [-0.3, -0.25) is 9.59 Å². The van der Waals surface area contributed by atoms with E-state index in [0.717, 1.165) is 44.9 Å². The molecule has 0 N–H and O–H groups in total. The van der Waals surface area contributed by atoms with Gasteiger partial charge in [-0.05, 0) is 103 Å². The zero-order valence-corrected chi connectivity index (χ0v) is 34.0. The molecule has 17 atom stereocenters. The Morgan fingerprint density at radius 1 is 0.868 bits per heavy atom. The average Bonchev–Trinajstić information content (AvgIpc) is 3.70.